The highest BCUT2D eigenvalue weighted by molar-refractivity contribution is 5.92. The van der Waals surface area contributed by atoms with Gasteiger partial charge in [-0.3, -0.25) is 19.7 Å². The molecule has 1 aliphatic rings. The minimum atomic E-state index is 0.0225. The first-order chi connectivity index (χ1) is 12.3. The first-order valence-corrected chi connectivity index (χ1v) is 8.30. The van der Waals surface area contributed by atoms with E-state index < -0.39 is 0 Å². The molecule has 3 aromatic rings. The molecule has 1 N–H and O–H groups in total. The molecule has 0 unspecified atom stereocenters. The van der Waals surface area contributed by atoms with Gasteiger partial charge in [0.15, 0.2) is 5.82 Å². The third-order valence-electron chi connectivity index (χ3n) is 4.39. The number of carbonyl (C=O) groups is 1. The monoisotopic (exact) mass is 331 g/mol. The third kappa shape index (κ3) is 3.24. The minimum Gasteiger partial charge on any atom is -0.309 e. The number of carbonyl (C=O) groups excluding carboxylic acids is 1. The van der Waals surface area contributed by atoms with Gasteiger partial charge in [0.25, 0.3) is 0 Å². The highest BCUT2D eigenvalue weighted by Crippen LogP contribution is 2.30. The van der Waals surface area contributed by atoms with Crippen LogP contribution in [-0.4, -0.2) is 25.8 Å². The van der Waals surface area contributed by atoms with Gasteiger partial charge < -0.3 is 5.32 Å². The Morgan fingerprint density at radius 2 is 1.80 bits per heavy atom. The van der Waals surface area contributed by atoms with Gasteiger partial charge in [-0.25, -0.2) is 4.98 Å². The average molecular weight is 331 g/mol. The van der Waals surface area contributed by atoms with Crippen molar-refractivity contribution in [3.8, 4) is 22.5 Å². The summed E-state index contributed by atoms with van der Waals surface area (Å²) in [4.78, 5) is 29.6. The van der Waals surface area contributed by atoms with Gasteiger partial charge in [-0.1, -0.05) is 6.42 Å². The van der Waals surface area contributed by atoms with Crippen molar-refractivity contribution in [3.63, 3.8) is 0 Å². The lowest BCUT2D eigenvalue weighted by Gasteiger charge is -2.23. The van der Waals surface area contributed by atoms with Gasteiger partial charge in [0, 0.05) is 41.8 Å². The van der Waals surface area contributed by atoms with Crippen LogP contribution in [0.25, 0.3) is 22.5 Å². The van der Waals surface area contributed by atoms with Gasteiger partial charge in [0.1, 0.15) is 5.69 Å². The maximum Gasteiger partial charge on any atom is 0.228 e. The van der Waals surface area contributed by atoms with Crippen LogP contribution in [0.2, 0.25) is 0 Å². The van der Waals surface area contributed by atoms with Gasteiger partial charge in [0.05, 0.1) is 11.9 Å². The predicted molar refractivity (Wildman–Crippen MR) is 94.5 cm³/mol. The van der Waals surface area contributed by atoms with Crippen molar-refractivity contribution in [1.82, 2.24) is 19.9 Å². The molecule has 0 atom stereocenters. The summed E-state index contributed by atoms with van der Waals surface area (Å²) in [5.74, 6) is 0.589. The van der Waals surface area contributed by atoms with Gasteiger partial charge in [-0.05, 0) is 37.1 Å². The van der Waals surface area contributed by atoms with E-state index in [1.165, 1.54) is 0 Å². The number of nitrogens with zero attached hydrogens (tertiary/aromatic N) is 4. The zero-order chi connectivity index (χ0) is 17.1. The second kappa shape index (κ2) is 6.76. The lowest BCUT2D eigenvalue weighted by atomic mass is 9.85. The van der Waals surface area contributed by atoms with E-state index in [1.54, 1.807) is 31.0 Å². The van der Waals surface area contributed by atoms with Crippen molar-refractivity contribution >= 4 is 11.7 Å². The predicted octanol–water partition coefficient (Wildman–Crippen LogP) is 3.34. The molecule has 0 bridgehead atoms. The van der Waals surface area contributed by atoms with E-state index in [1.807, 2.05) is 24.3 Å². The molecule has 6 nitrogen and oxygen atoms in total. The van der Waals surface area contributed by atoms with Crippen molar-refractivity contribution in [3.05, 3.63) is 55.2 Å². The van der Waals surface area contributed by atoms with Gasteiger partial charge >= 0.3 is 0 Å². The van der Waals surface area contributed by atoms with E-state index in [9.17, 15) is 4.79 Å². The number of aromatic nitrogens is 4. The number of anilines is 1. The van der Waals surface area contributed by atoms with Gasteiger partial charge in [0.2, 0.25) is 5.91 Å². The Hall–Kier alpha value is -3.15. The van der Waals surface area contributed by atoms with Crippen LogP contribution in [0.5, 0.6) is 0 Å². The van der Waals surface area contributed by atoms with Crippen LogP contribution in [0.4, 0.5) is 5.82 Å². The molecular weight excluding hydrogens is 314 g/mol. The lowest BCUT2D eigenvalue weighted by Crippen LogP contribution is -2.28. The quantitative estimate of drug-likeness (QED) is 0.793. The van der Waals surface area contributed by atoms with Crippen molar-refractivity contribution in [1.29, 1.82) is 0 Å². The van der Waals surface area contributed by atoms with E-state index in [0.29, 0.717) is 11.5 Å². The summed E-state index contributed by atoms with van der Waals surface area (Å²) in [6.07, 6.45) is 11.5. The van der Waals surface area contributed by atoms with Crippen LogP contribution in [0, 0.1) is 5.92 Å². The molecule has 124 valence electrons. The number of rotatable bonds is 4. The van der Waals surface area contributed by atoms with Gasteiger partial charge in [-0.15, -0.1) is 0 Å². The highest BCUT2D eigenvalue weighted by Gasteiger charge is 2.25. The van der Waals surface area contributed by atoms with Crippen molar-refractivity contribution in [2.24, 2.45) is 5.92 Å². The molecule has 25 heavy (non-hydrogen) atoms. The molecule has 0 aliphatic heterocycles. The van der Waals surface area contributed by atoms with Crippen molar-refractivity contribution in [2.45, 2.75) is 19.3 Å². The first-order valence-electron chi connectivity index (χ1n) is 8.30. The zero-order valence-electron chi connectivity index (χ0n) is 13.6. The van der Waals surface area contributed by atoms with E-state index in [0.717, 1.165) is 36.1 Å². The van der Waals surface area contributed by atoms with Crippen LogP contribution in [0.3, 0.4) is 0 Å². The summed E-state index contributed by atoms with van der Waals surface area (Å²) < 4.78 is 0. The summed E-state index contributed by atoms with van der Waals surface area (Å²) in [7, 11) is 0. The van der Waals surface area contributed by atoms with E-state index in [2.05, 4.69) is 25.3 Å². The fourth-order valence-electron chi connectivity index (χ4n) is 2.77. The molecular formula is C19H17N5O. The summed E-state index contributed by atoms with van der Waals surface area (Å²) >= 11 is 0. The molecule has 1 amide bonds. The maximum atomic E-state index is 12.2. The lowest BCUT2D eigenvalue weighted by molar-refractivity contribution is -0.122. The Morgan fingerprint density at radius 1 is 0.960 bits per heavy atom. The van der Waals surface area contributed by atoms with E-state index in [4.69, 9.17) is 0 Å². The molecule has 0 radical (unpaired) electrons. The topological polar surface area (TPSA) is 80.7 Å². The number of pyridine rings is 2. The largest absolute Gasteiger partial charge is 0.309 e. The second-order valence-electron chi connectivity index (χ2n) is 6.05. The fourth-order valence-corrected chi connectivity index (χ4v) is 2.77. The number of amides is 1. The second-order valence-corrected chi connectivity index (χ2v) is 6.05. The maximum absolute atomic E-state index is 12.2. The Balaban J connectivity index is 1.73. The molecule has 3 heterocycles. The minimum absolute atomic E-state index is 0.0225. The third-order valence-corrected chi connectivity index (χ3v) is 4.39. The number of hydrogen-bond donors (Lipinski definition) is 1. The zero-order valence-corrected chi connectivity index (χ0v) is 13.6. The van der Waals surface area contributed by atoms with Crippen LogP contribution < -0.4 is 5.32 Å². The van der Waals surface area contributed by atoms with E-state index >= 15 is 0 Å². The summed E-state index contributed by atoms with van der Waals surface area (Å²) in [6, 6.07) is 7.55. The average Bonchev–Trinajstić information content (AvgIpc) is 2.61. The first kappa shape index (κ1) is 15.4. The molecule has 3 aromatic heterocycles. The Labute approximate surface area is 145 Å². The number of hydrogen-bond acceptors (Lipinski definition) is 5. The molecule has 1 fully saturated rings. The standard InChI is InChI=1S/C19H17N5O/c25-19(14-3-1-4-14)24-16-12-22-17(13-6-9-20-10-7-13)18(23-16)15-5-2-8-21-11-15/h2,5-12,14H,1,3-4H2,(H,23,24,25). The molecule has 6 heteroatoms. The molecule has 1 saturated carbocycles. The molecule has 0 spiro atoms. The molecule has 0 aromatic carbocycles. The molecule has 0 saturated heterocycles. The molecule has 1 aliphatic carbocycles. The molecule has 4 rings (SSSR count). The van der Waals surface area contributed by atoms with Crippen LogP contribution in [0.1, 0.15) is 19.3 Å². The SMILES string of the molecule is O=C(Nc1cnc(-c2ccncc2)c(-c2cccnc2)n1)C1CCC1. The Kier molecular flexibility index (Phi) is 4.16. The van der Waals surface area contributed by atoms with Crippen LogP contribution in [-0.2, 0) is 4.79 Å². The summed E-state index contributed by atoms with van der Waals surface area (Å²) in [6.45, 7) is 0. The summed E-state index contributed by atoms with van der Waals surface area (Å²) in [5.41, 5.74) is 3.18. The van der Waals surface area contributed by atoms with E-state index in [-0.39, 0.29) is 11.8 Å². The Morgan fingerprint density at radius 3 is 2.48 bits per heavy atom. The number of nitrogens with one attached hydrogen (secondary N) is 1. The van der Waals surface area contributed by atoms with Crippen molar-refractivity contribution < 1.29 is 4.79 Å². The van der Waals surface area contributed by atoms with Crippen LogP contribution >= 0.6 is 0 Å². The Bertz CT molecular complexity index is 879. The fraction of sp³-hybridized carbons (Fsp3) is 0.211. The van der Waals surface area contributed by atoms with Crippen molar-refractivity contribution in [2.75, 3.05) is 5.32 Å². The smallest absolute Gasteiger partial charge is 0.228 e. The summed E-state index contributed by atoms with van der Waals surface area (Å²) in [5, 5.41) is 2.89. The van der Waals surface area contributed by atoms with Crippen LogP contribution in [0.15, 0.2) is 55.2 Å². The normalized spacial score (nSPS) is 13.9. The van der Waals surface area contributed by atoms with Gasteiger partial charge in [-0.2, -0.15) is 0 Å². The highest BCUT2D eigenvalue weighted by atomic mass is 16.2.